The molecule has 1 aromatic rings. The number of carbonyl (C=O) groups excluding carboxylic acids is 1. The van der Waals surface area contributed by atoms with Crippen LogP contribution in [0.1, 0.15) is 15.9 Å². The third-order valence-electron chi connectivity index (χ3n) is 1.78. The maximum atomic E-state index is 10.9. The van der Waals surface area contributed by atoms with Crippen molar-refractivity contribution >= 4 is 35.1 Å². The van der Waals surface area contributed by atoms with Crippen LogP contribution in [0.2, 0.25) is 10.0 Å². The molecule has 0 radical (unpaired) electrons. The molecule has 4 nitrogen and oxygen atoms in total. The van der Waals surface area contributed by atoms with Crippen LogP contribution in [0.4, 0.5) is 0 Å². The summed E-state index contributed by atoms with van der Waals surface area (Å²) in [5.41, 5.74) is 5.31. The fraction of sp³-hybridized carbons (Fsp3) is 0.111. The maximum Gasteiger partial charge on any atom is 0.307 e. The molecule has 15 heavy (non-hydrogen) atoms. The molecule has 0 aliphatic carbocycles. The topological polar surface area (TPSA) is 80.4 Å². The van der Waals surface area contributed by atoms with Crippen LogP contribution in [0.15, 0.2) is 12.1 Å². The average Bonchev–Trinajstić information content (AvgIpc) is 2.11. The summed E-state index contributed by atoms with van der Waals surface area (Å²) in [5, 5.41) is 8.81. The van der Waals surface area contributed by atoms with Gasteiger partial charge in [0.25, 0.3) is 0 Å². The molecule has 0 aromatic heterocycles. The summed E-state index contributed by atoms with van der Waals surface area (Å²) in [4.78, 5) is 21.4. The molecular weight excluding hydrogens is 241 g/mol. The number of amides is 1. The number of rotatable bonds is 3. The molecule has 0 heterocycles. The molecule has 0 fully saturated rings. The van der Waals surface area contributed by atoms with E-state index in [-0.39, 0.29) is 27.6 Å². The molecule has 0 unspecified atom stereocenters. The van der Waals surface area contributed by atoms with Crippen LogP contribution in [-0.2, 0) is 11.2 Å². The number of nitrogens with two attached hydrogens (primary N) is 1. The first kappa shape index (κ1) is 11.8. The van der Waals surface area contributed by atoms with Crippen molar-refractivity contribution in [2.24, 2.45) is 5.73 Å². The molecular formula is C9H7Cl2NO3. The largest absolute Gasteiger partial charge is 0.481 e. The first-order valence-electron chi connectivity index (χ1n) is 3.92. The van der Waals surface area contributed by atoms with Crippen LogP contribution in [0.25, 0.3) is 0 Å². The summed E-state index contributed by atoms with van der Waals surface area (Å²) in [6.07, 6.45) is -0.348. The lowest BCUT2D eigenvalue weighted by atomic mass is 10.1. The van der Waals surface area contributed by atoms with Crippen molar-refractivity contribution in [2.45, 2.75) is 6.42 Å². The molecule has 0 saturated heterocycles. The standard InChI is InChI=1S/C9H7Cl2NO3/c10-6-2-1-4(9(12)15)8(11)5(6)3-7(13)14/h1-2H,3H2,(H2,12,15)(H,13,14). The van der Waals surface area contributed by atoms with Gasteiger partial charge in [0.2, 0.25) is 5.91 Å². The predicted octanol–water partition coefficient (Wildman–Crippen LogP) is 1.72. The predicted molar refractivity (Wildman–Crippen MR) is 56.3 cm³/mol. The number of carboxylic acids is 1. The fourth-order valence-electron chi connectivity index (χ4n) is 1.10. The number of hydrogen-bond donors (Lipinski definition) is 2. The summed E-state index contributed by atoms with van der Waals surface area (Å²) < 4.78 is 0. The van der Waals surface area contributed by atoms with Gasteiger partial charge in [-0.2, -0.15) is 0 Å². The Kier molecular flexibility index (Phi) is 3.55. The van der Waals surface area contributed by atoms with Crippen molar-refractivity contribution in [3.8, 4) is 0 Å². The van der Waals surface area contributed by atoms with Crippen LogP contribution >= 0.6 is 23.2 Å². The smallest absolute Gasteiger partial charge is 0.307 e. The zero-order valence-electron chi connectivity index (χ0n) is 7.46. The monoisotopic (exact) mass is 247 g/mol. The minimum Gasteiger partial charge on any atom is -0.481 e. The van der Waals surface area contributed by atoms with Gasteiger partial charge < -0.3 is 10.8 Å². The Bertz CT molecular complexity index is 432. The van der Waals surface area contributed by atoms with Gasteiger partial charge >= 0.3 is 5.97 Å². The van der Waals surface area contributed by atoms with Crippen LogP contribution in [0, 0.1) is 0 Å². The van der Waals surface area contributed by atoms with E-state index in [1.807, 2.05) is 0 Å². The number of carbonyl (C=O) groups is 2. The van der Waals surface area contributed by atoms with E-state index in [0.29, 0.717) is 0 Å². The second-order valence-corrected chi connectivity index (χ2v) is 3.61. The quantitative estimate of drug-likeness (QED) is 0.854. The summed E-state index contributed by atoms with van der Waals surface area (Å²) in [6.45, 7) is 0. The van der Waals surface area contributed by atoms with Gasteiger partial charge in [-0.05, 0) is 12.1 Å². The van der Waals surface area contributed by atoms with Gasteiger partial charge in [-0.1, -0.05) is 23.2 Å². The summed E-state index contributed by atoms with van der Waals surface area (Å²) >= 11 is 11.6. The lowest BCUT2D eigenvalue weighted by Gasteiger charge is -2.07. The van der Waals surface area contributed by atoms with Gasteiger partial charge in [0.15, 0.2) is 0 Å². The molecule has 0 bridgehead atoms. The first-order chi connectivity index (χ1) is 6.93. The Labute approximate surface area is 95.6 Å². The Morgan fingerprint density at radius 3 is 2.40 bits per heavy atom. The fourth-order valence-corrected chi connectivity index (χ4v) is 1.70. The van der Waals surface area contributed by atoms with Gasteiger partial charge in [0.1, 0.15) is 0 Å². The number of halogens is 2. The molecule has 1 rings (SSSR count). The Morgan fingerprint density at radius 1 is 1.33 bits per heavy atom. The van der Waals surface area contributed by atoms with E-state index in [1.54, 1.807) is 0 Å². The highest BCUT2D eigenvalue weighted by Crippen LogP contribution is 2.28. The van der Waals surface area contributed by atoms with Crippen molar-refractivity contribution < 1.29 is 14.7 Å². The summed E-state index contributed by atoms with van der Waals surface area (Å²) in [5.74, 6) is -1.80. The van der Waals surface area contributed by atoms with Crippen LogP contribution in [0.3, 0.4) is 0 Å². The highest BCUT2D eigenvalue weighted by Gasteiger charge is 2.16. The van der Waals surface area contributed by atoms with Gasteiger partial charge in [-0.3, -0.25) is 9.59 Å². The molecule has 0 aliphatic heterocycles. The molecule has 1 amide bonds. The number of primary amides is 1. The molecule has 3 N–H and O–H groups in total. The molecule has 0 spiro atoms. The Hall–Kier alpha value is -1.26. The Balaban J connectivity index is 3.29. The first-order valence-corrected chi connectivity index (χ1v) is 4.67. The second-order valence-electron chi connectivity index (χ2n) is 2.82. The molecule has 0 aliphatic rings. The van der Waals surface area contributed by atoms with Crippen molar-refractivity contribution in [2.75, 3.05) is 0 Å². The van der Waals surface area contributed by atoms with E-state index in [4.69, 9.17) is 34.0 Å². The van der Waals surface area contributed by atoms with E-state index >= 15 is 0 Å². The normalized spacial score (nSPS) is 10.0. The van der Waals surface area contributed by atoms with E-state index in [1.165, 1.54) is 12.1 Å². The van der Waals surface area contributed by atoms with Crippen molar-refractivity contribution in [1.82, 2.24) is 0 Å². The zero-order chi connectivity index (χ0) is 11.6. The molecule has 6 heteroatoms. The SMILES string of the molecule is NC(=O)c1ccc(Cl)c(CC(=O)O)c1Cl. The molecule has 80 valence electrons. The van der Waals surface area contributed by atoms with Crippen molar-refractivity contribution in [3.63, 3.8) is 0 Å². The van der Waals surface area contributed by atoms with Crippen molar-refractivity contribution in [3.05, 3.63) is 33.3 Å². The third-order valence-corrected chi connectivity index (χ3v) is 2.57. The highest BCUT2D eigenvalue weighted by molar-refractivity contribution is 6.38. The second kappa shape index (κ2) is 4.51. The number of benzene rings is 1. The van der Waals surface area contributed by atoms with Gasteiger partial charge in [-0.15, -0.1) is 0 Å². The van der Waals surface area contributed by atoms with E-state index < -0.39 is 11.9 Å². The van der Waals surface area contributed by atoms with Crippen LogP contribution in [-0.4, -0.2) is 17.0 Å². The third kappa shape index (κ3) is 2.61. The summed E-state index contributed by atoms with van der Waals surface area (Å²) in [6, 6.07) is 2.75. The molecule has 0 saturated carbocycles. The molecule has 1 aromatic carbocycles. The highest BCUT2D eigenvalue weighted by atomic mass is 35.5. The molecule has 0 atom stereocenters. The maximum absolute atomic E-state index is 10.9. The summed E-state index contributed by atoms with van der Waals surface area (Å²) in [7, 11) is 0. The van der Waals surface area contributed by atoms with E-state index in [0.717, 1.165) is 0 Å². The van der Waals surface area contributed by atoms with Crippen molar-refractivity contribution in [1.29, 1.82) is 0 Å². The Morgan fingerprint density at radius 2 is 1.93 bits per heavy atom. The average molecular weight is 248 g/mol. The minimum atomic E-state index is -1.08. The van der Waals surface area contributed by atoms with Gasteiger partial charge in [0, 0.05) is 10.6 Å². The number of carboxylic acid groups (broad SMARTS) is 1. The van der Waals surface area contributed by atoms with Gasteiger partial charge in [0.05, 0.1) is 17.0 Å². The van der Waals surface area contributed by atoms with E-state index in [2.05, 4.69) is 0 Å². The van der Waals surface area contributed by atoms with Crippen LogP contribution < -0.4 is 5.73 Å². The zero-order valence-corrected chi connectivity index (χ0v) is 8.97. The minimum absolute atomic E-state index is 0.00241. The lowest BCUT2D eigenvalue weighted by Crippen LogP contribution is -2.13. The van der Waals surface area contributed by atoms with E-state index in [9.17, 15) is 9.59 Å². The van der Waals surface area contributed by atoms with Crippen LogP contribution in [0.5, 0.6) is 0 Å². The lowest BCUT2D eigenvalue weighted by molar-refractivity contribution is -0.136. The number of aliphatic carboxylic acids is 1. The number of hydrogen-bond acceptors (Lipinski definition) is 2. The van der Waals surface area contributed by atoms with Gasteiger partial charge in [-0.25, -0.2) is 0 Å².